The molecular weight excluding hydrogens is 287 g/mol. The van der Waals surface area contributed by atoms with Crippen molar-refractivity contribution in [3.05, 3.63) is 40.2 Å². The summed E-state index contributed by atoms with van der Waals surface area (Å²) in [5, 5.41) is 8.71. The fourth-order valence-electron chi connectivity index (χ4n) is 1.91. The smallest absolute Gasteiger partial charge is 0.133 e. The molecule has 19 heavy (non-hydrogen) atoms. The average Bonchev–Trinajstić information content (AvgIpc) is 2.73. The fraction of sp³-hybridized carbons (Fsp3) is 0.417. The normalized spacial score (nSPS) is 12.6. The number of aromatic nitrogens is 4. The molecule has 0 aliphatic carbocycles. The summed E-state index contributed by atoms with van der Waals surface area (Å²) in [6, 6.07) is 3.60. The molecule has 0 aliphatic rings. The Bertz CT molecular complexity index is 538. The van der Waals surface area contributed by atoms with Crippen LogP contribution in [0.4, 0.5) is 0 Å². The van der Waals surface area contributed by atoms with Crippen LogP contribution in [-0.4, -0.2) is 33.5 Å². The lowest BCUT2D eigenvalue weighted by molar-refractivity contribution is 0.178. The molecule has 0 radical (unpaired) electrons. The van der Waals surface area contributed by atoms with Crippen molar-refractivity contribution in [3.8, 4) is 0 Å². The zero-order chi connectivity index (χ0) is 13.8. The number of aryl methyl sites for hydroxylation is 1. The third kappa shape index (κ3) is 3.65. The van der Waals surface area contributed by atoms with Crippen LogP contribution in [-0.2, 0) is 18.2 Å². The number of pyridine rings is 1. The van der Waals surface area contributed by atoms with Gasteiger partial charge in [-0.25, -0.2) is 4.98 Å². The molecule has 0 saturated carbocycles. The maximum Gasteiger partial charge on any atom is 0.133 e. The molecule has 0 amide bonds. The van der Waals surface area contributed by atoms with Crippen LogP contribution in [0.15, 0.2) is 18.5 Å². The summed E-state index contributed by atoms with van der Waals surface area (Å²) in [4.78, 5) is 3.95. The highest BCUT2D eigenvalue weighted by molar-refractivity contribution is 6.32. The quantitative estimate of drug-likeness (QED) is 0.796. The minimum Gasteiger partial charge on any atom is -0.384 e. The highest BCUT2D eigenvalue weighted by atomic mass is 35.5. The summed E-state index contributed by atoms with van der Waals surface area (Å²) in [6.07, 6.45) is 2.37. The molecule has 2 rings (SSSR count). The van der Waals surface area contributed by atoms with E-state index in [1.165, 1.54) is 0 Å². The molecule has 2 aromatic heterocycles. The first kappa shape index (κ1) is 14.2. The second-order valence-corrected chi connectivity index (χ2v) is 5.03. The van der Waals surface area contributed by atoms with E-state index in [0.717, 1.165) is 11.4 Å². The Morgan fingerprint density at radius 1 is 1.32 bits per heavy atom. The first-order valence-electron chi connectivity index (χ1n) is 5.75. The first-order chi connectivity index (χ1) is 9.10. The Balaban J connectivity index is 2.26. The fourth-order valence-corrected chi connectivity index (χ4v) is 2.38. The van der Waals surface area contributed by atoms with Crippen LogP contribution in [0.2, 0.25) is 10.3 Å². The second-order valence-electron chi connectivity index (χ2n) is 4.26. The van der Waals surface area contributed by atoms with Crippen molar-refractivity contribution in [2.45, 2.75) is 12.3 Å². The van der Waals surface area contributed by atoms with E-state index in [9.17, 15) is 0 Å². The van der Waals surface area contributed by atoms with Crippen molar-refractivity contribution in [2.75, 3.05) is 13.7 Å². The topological polar surface area (TPSA) is 52.8 Å². The van der Waals surface area contributed by atoms with Gasteiger partial charge in [0.25, 0.3) is 0 Å². The average molecular weight is 301 g/mol. The minimum atomic E-state index is 0.103. The summed E-state index contributed by atoms with van der Waals surface area (Å²) >= 11 is 11.9. The van der Waals surface area contributed by atoms with Crippen molar-refractivity contribution < 1.29 is 4.74 Å². The van der Waals surface area contributed by atoms with E-state index in [0.29, 0.717) is 23.3 Å². The summed E-state index contributed by atoms with van der Waals surface area (Å²) in [6.45, 7) is 0.545. The van der Waals surface area contributed by atoms with E-state index >= 15 is 0 Å². The Morgan fingerprint density at radius 2 is 2.00 bits per heavy atom. The molecule has 0 spiro atoms. The van der Waals surface area contributed by atoms with Gasteiger partial charge in [-0.15, -0.1) is 10.2 Å². The number of hydrogen-bond donors (Lipinski definition) is 0. The predicted molar refractivity (Wildman–Crippen MR) is 73.6 cm³/mol. The molecule has 5 nitrogen and oxygen atoms in total. The van der Waals surface area contributed by atoms with E-state index in [2.05, 4.69) is 15.2 Å². The number of hydrogen-bond acceptors (Lipinski definition) is 4. The summed E-state index contributed by atoms with van der Waals surface area (Å²) in [5.41, 5.74) is 0.981. The second kappa shape index (κ2) is 6.32. The van der Waals surface area contributed by atoms with Gasteiger partial charge in [0.15, 0.2) is 0 Å². The maximum absolute atomic E-state index is 5.94. The number of methoxy groups -OCH3 is 1. The lowest BCUT2D eigenvalue weighted by Gasteiger charge is -2.16. The molecule has 1 atom stereocenters. The molecule has 2 heterocycles. The molecule has 0 aromatic carbocycles. The number of halogens is 2. The van der Waals surface area contributed by atoms with Crippen molar-refractivity contribution in [1.82, 2.24) is 19.7 Å². The van der Waals surface area contributed by atoms with Gasteiger partial charge < -0.3 is 9.30 Å². The number of rotatable bonds is 5. The van der Waals surface area contributed by atoms with Gasteiger partial charge >= 0.3 is 0 Å². The number of ether oxygens (including phenoxy) is 1. The third-order valence-electron chi connectivity index (χ3n) is 2.86. The standard InChI is InChI=1S/C12H14Cl2N4O/c1-18-7-15-17-12(18)5-9(6-19-2)8-3-10(13)16-11(14)4-8/h3-4,7,9H,5-6H2,1-2H3. The Hall–Kier alpha value is -1.17. The Kier molecular flexibility index (Phi) is 4.74. The molecule has 0 aliphatic heterocycles. The summed E-state index contributed by atoms with van der Waals surface area (Å²) in [7, 11) is 3.57. The Labute approximate surface area is 121 Å². The third-order valence-corrected chi connectivity index (χ3v) is 3.25. The molecule has 0 bridgehead atoms. The first-order valence-corrected chi connectivity index (χ1v) is 6.50. The van der Waals surface area contributed by atoms with Crippen molar-refractivity contribution in [2.24, 2.45) is 7.05 Å². The molecule has 0 fully saturated rings. The Morgan fingerprint density at radius 3 is 2.53 bits per heavy atom. The summed E-state index contributed by atoms with van der Waals surface area (Å²) in [5.74, 6) is 0.983. The zero-order valence-corrected chi connectivity index (χ0v) is 12.2. The molecule has 102 valence electrons. The van der Waals surface area contributed by atoms with Gasteiger partial charge in [-0.05, 0) is 17.7 Å². The summed E-state index contributed by atoms with van der Waals surface area (Å²) < 4.78 is 7.14. The molecule has 0 saturated heterocycles. The zero-order valence-electron chi connectivity index (χ0n) is 10.7. The van der Waals surface area contributed by atoms with E-state index < -0.39 is 0 Å². The van der Waals surface area contributed by atoms with Crippen LogP contribution in [0.3, 0.4) is 0 Å². The maximum atomic E-state index is 5.94. The number of nitrogens with zero attached hydrogens (tertiary/aromatic N) is 4. The lowest BCUT2D eigenvalue weighted by Crippen LogP contribution is -2.13. The SMILES string of the molecule is COCC(Cc1nncn1C)c1cc(Cl)nc(Cl)c1. The van der Waals surface area contributed by atoms with Crippen LogP contribution < -0.4 is 0 Å². The molecule has 7 heteroatoms. The van der Waals surface area contributed by atoms with Crippen LogP contribution in [0.5, 0.6) is 0 Å². The van der Waals surface area contributed by atoms with Gasteiger partial charge in [-0.3, -0.25) is 0 Å². The largest absolute Gasteiger partial charge is 0.384 e. The molecular formula is C12H14Cl2N4O. The van der Waals surface area contributed by atoms with Crippen molar-refractivity contribution in [3.63, 3.8) is 0 Å². The molecule has 0 N–H and O–H groups in total. The molecule has 2 aromatic rings. The van der Waals surface area contributed by atoms with Crippen LogP contribution in [0.1, 0.15) is 17.3 Å². The van der Waals surface area contributed by atoms with Gasteiger partial charge in [0.2, 0.25) is 0 Å². The van der Waals surface area contributed by atoms with Gasteiger partial charge in [0.05, 0.1) is 6.61 Å². The van der Waals surface area contributed by atoms with Gasteiger partial charge in [0.1, 0.15) is 22.5 Å². The van der Waals surface area contributed by atoms with Gasteiger partial charge in [-0.2, -0.15) is 0 Å². The van der Waals surface area contributed by atoms with Gasteiger partial charge in [-0.1, -0.05) is 23.2 Å². The predicted octanol–water partition coefficient (Wildman–Crippen LogP) is 2.49. The monoisotopic (exact) mass is 300 g/mol. The van der Waals surface area contributed by atoms with Crippen LogP contribution >= 0.6 is 23.2 Å². The highest BCUT2D eigenvalue weighted by Gasteiger charge is 2.17. The van der Waals surface area contributed by atoms with E-state index in [4.69, 9.17) is 27.9 Å². The van der Waals surface area contributed by atoms with Crippen LogP contribution in [0, 0.1) is 0 Å². The highest BCUT2D eigenvalue weighted by Crippen LogP contribution is 2.25. The van der Waals surface area contributed by atoms with E-state index in [1.54, 1.807) is 25.6 Å². The molecule has 1 unspecified atom stereocenters. The van der Waals surface area contributed by atoms with Crippen molar-refractivity contribution in [1.29, 1.82) is 0 Å². The van der Waals surface area contributed by atoms with Crippen molar-refractivity contribution >= 4 is 23.2 Å². The lowest BCUT2D eigenvalue weighted by atomic mass is 9.97. The van der Waals surface area contributed by atoms with E-state index in [-0.39, 0.29) is 5.92 Å². The van der Waals surface area contributed by atoms with Crippen LogP contribution in [0.25, 0.3) is 0 Å². The van der Waals surface area contributed by atoms with E-state index in [1.807, 2.05) is 11.6 Å². The minimum absolute atomic E-state index is 0.103. The van der Waals surface area contributed by atoms with Gasteiger partial charge in [0, 0.05) is 26.5 Å².